The third-order valence-electron chi connectivity index (χ3n) is 2.31. The molecule has 0 saturated carbocycles. The van der Waals surface area contributed by atoms with Crippen molar-refractivity contribution in [3.05, 3.63) is 51.2 Å². The molecule has 0 aliphatic heterocycles. The smallest absolute Gasteiger partial charge is 0.266 e. The number of aromatic nitrogens is 2. The highest BCUT2D eigenvalue weighted by Crippen LogP contribution is 2.18. The lowest BCUT2D eigenvalue weighted by Gasteiger charge is -2.04. The zero-order chi connectivity index (χ0) is 11.5. The van der Waals surface area contributed by atoms with Crippen LogP contribution in [-0.4, -0.2) is 9.78 Å². The van der Waals surface area contributed by atoms with E-state index in [9.17, 15) is 4.79 Å². The van der Waals surface area contributed by atoms with Crippen molar-refractivity contribution in [2.24, 2.45) is 0 Å². The Labute approximate surface area is 102 Å². The molecule has 1 aromatic carbocycles. The van der Waals surface area contributed by atoms with Crippen LogP contribution in [0.1, 0.15) is 6.92 Å². The van der Waals surface area contributed by atoms with Gasteiger partial charge in [0, 0.05) is 22.6 Å². The Hall–Kier alpha value is -1.42. The number of halogens is 1. The molecule has 0 amide bonds. The minimum Gasteiger partial charge on any atom is -0.268 e. The van der Waals surface area contributed by atoms with E-state index >= 15 is 0 Å². The van der Waals surface area contributed by atoms with Gasteiger partial charge in [0.2, 0.25) is 0 Å². The van der Waals surface area contributed by atoms with Crippen LogP contribution < -0.4 is 5.56 Å². The average Bonchev–Trinajstić information content (AvgIpc) is 2.31. The number of hydrogen-bond donors (Lipinski definition) is 0. The summed E-state index contributed by atoms with van der Waals surface area (Å²) >= 11 is 3.38. The normalized spacial score (nSPS) is 10.4. The fraction of sp³-hybridized carbons (Fsp3) is 0.167. The van der Waals surface area contributed by atoms with Gasteiger partial charge in [0.25, 0.3) is 5.56 Å². The average molecular weight is 279 g/mol. The fourth-order valence-corrected chi connectivity index (χ4v) is 1.71. The molecule has 2 rings (SSSR count). The summed E-state index contributed by atoms with van der Waals surface area (Å²) in [5.74, 6) is 0. The molecule has 0 aliphatic rings. The molecule has 0 atom stereocenters. The Morgan fingerprint density at radius 1 is 1.19 bits per heavy atom. The lowest BCUT2D eigenvalue weighted by molar-refractivity contribution is 0.619. The lowest BCUT2D eigenvalue weighted by atomic mass is 10.1. The van der Waals surface area contributed by atoms with Crippen LogP contribution in [-0.2, 0) is 6.54 Å². The van der Waals surface area contributed by atoms with E-state index in [4.69, 9.17) is 0 Å². The number of rotatable bonds is 2. The summed E-state index contributed by atoms with van der Waals surface area (Å²) in [6.45, 7) is 2.49. The monoisotopic (exact) mass is 278 g/mol. The molecular weight excluding hydrogens is 268 g/mol. The quantitative estimate of drug-likeness (QED) is 0.847. The molecule has 0 radical (unpaired) electrons. The van der Waals surface area contributed by atoms with Gasteiger partial charge in [0.05, 0.1) is 5.69 Å². The Morgan fingerprint density at radius 3 is 2.50 bits per heavy atom. The van der Waals surface area contributed by atoms with Crippen molar-refractivity contribution in [3.8, 4) is 11.3 Å². The third-order valence-corrected chi connectivity index (χ3v) is 2.83. The second kappa shape index (κ2) is 4.61. The Balaban J connectivity index is 2.48. The summed E-state index contributed by atoms with van der Waals surface area (Å²) in [4.78, 5) is 11.4. The minimum atomic E-state index is -0.0663. The summed E-state index contributed by atoms with van der Waals surface area (Å²) in [7, 11) is 0. The van der Waals surface area contributed by atoms with E-state index in [-0.39, 0.29) is 5.56 Å². The number of hydrogen-bond acceptors (Lipinski definition) is 2. The first kappa shape index (κ1) is 11.1. The SMILES string of the molecule is CCn1nc(-c2ccc(Br)cc2)ccc1=O. The molecule has 0 fully saturated rings. The van der Waals surface area contributed by atoms with Crippen molar-refractivity contribution >= 4 is 15.9 Å². The number of nitrogens with zero attached hydrogens (tertiary/aromatic N) is 2. The zero-order valence-corrected chi connectivity index (χ0v) is 10.4. The van der Waals surface area contributed by atoms with Gasteiger partial charge < -0.3 is 0 Å². The minimum absolute atomic E-state index is 0.0663. The molecule has 3 nitrogen and oxygen atoms in total. The highest BCUT2D eigenvalue weighted by Gasteiger charge is 2.01. The Bertz CT molecular complexity index is 546. The van der Waals surface area contributed by atoms with E-state index in [1.807, 2.05) is 31.2 Å². The molecule has 0 saturated heterocycles. The Kier molecular flexibility index (Phi) is 3.19. The molecule has 0 bridgehead atoms. The molecular formula is C12H11BrN2O. The third kappa shape index (κ3) is 2.22. The van der Waals surface area contributed by atoms with Gasteiger partial charge in [-0.2, -0.15) is 5.10 Å². The summed E-state index contributed by atoms with van der Waals surface area (Å²) in [5, 5.41) is 4.28. The van der Waals surface area contributed by atoms with Gasteiger partial charge in [-0.15, -0.1) is 0 Å². The molecule has 16 heavy (non-hydrogen) atoms. The van der Waals surface area contributed by atoms with Crippen LogP contribution in [0, 0.1) is 0 Å². The van der Waals surface area contributed by atoms with Crippen molar-refractivity contribution in [2.45, 2.75) is 13.5 Å². The molecule has 0 spiro atoms. The van der Waals surface area contributed by atoms with Crippen molar-refractivity contribution in [2.75, 3.05) is 0 Å². The lowest BCUT2D eigenvalue weighted by Crippen LogP contribution is -2.20. The fourth-order valence-electron chi connectivity index (χ4n) is 1.45. The van der Waals surface area contributed by atoms with Crippen LogP contribution in [0.25, 0.3) is 11.3 Å². The highest BCUT2D eigenvalue weighted by molar-refractivity contribution is 9.10. The van der Waals surface area contributed by atoms with Gasteiger partial charge in [0.15, 0.2) is 0 Å². The van der Waals surface area contributed by atoms with Gasteiger partial charge in [0.1, 0.15) is 0 Å². The van der Waals surface area contributed by atoms with E-state index in [2.05, 4.69) is 21.0 Å². The molecule has 1 aromatic heterocycles. The first-order valence-electron chi connectivity index (χ1n) is 5.05. The molecule has 0 unspecified atom stereocenters. The molecule has 0 N–H and O–H groups in total. The molecule has 2 aromatic rings. The maximum atomic E-state index is 11.4. The second-order valence-corrected chi connectivity index (χ2v) is 4.30. The van der Waals surface area contributed by atoms with Crippen molar-refractivity contribution in [1.82, 2.24) is 9.78 Å². The molecule has 82 valence electrons. The maximum absolute atomic E-state index is 11.4. The van der Waals surface area contributed by atoms with Crippen LogP contribution in [0.15, 0.2) is 45.7 Å². The molecule has 1 heterocycles. The van der Waals surface area contributed by atoms with Crippen LogP contribution >= 0.6 is 15.9 Å². The largest absolute Gasteiger partial charge is 0.268 e. The topological polar surface area (TPSA) is 34.9 Å². The van der Waals surface area contributed by atoms with Crippen LogP contribution in [0.2, 0.25) is 0 Å². The first-order chi connectivity index (χ1) is 7.70. The summed E-state index contributed by atoms with van der Waals surface area (Å²) in [6.07, 6.45) is 0. The van der Waals surface area contributed by atoms with Gasteiger partial charge in [-0.05, 0) is 25.1 Å². The molecule has 4 heteroatoms. The van der Waals surface area contributed by atoms with E-state index in [1.165, 1.54) is 4.68 Å². The van der Waals surface area contributed by atoms with Crippen molar-refractivity contribution in [1.29, 1.82) is 0 Å². The van der Waals surface area contributed by atoms with E-state index < -0.39 is 0 Å². The van der Waals surface area contributed by atoms with Crippen molar-refractivity contribution in [3.63, 3.8) is 0 Å². The first-order valence-corrected chi connectivity index (χ1v) is 5.84. The Morgan fingerprint density at radius 2 is 1.88 bits per heavy atom. The van der Waals surface area contributed by atoms with Crippen molar-refractivity contribution < 1.29 is 0 Å². The van der Waals surface area contributed by atoms with E-state index in [0.29, 0.717) is 6.54 Å². The predicted molar refractivity (Wildman–Crippen MR) is 67.3 cm³/mol. The number of benzene rings is 1. The summed E-state index contributed by atoms with van der Waals surface area (Å²) in [6, 6.07) is 11.1. The zero-order valence-electron chi connectivity index (χ0n) is 8.85. The predicted octanol–water partition coefficient (Wildman–Crippen LogP) is 2.69. The number of aryl methyl sites for hydroxylation is 1. The van der Waals surface area contributed by atoms with Gasteiger partial charge >= 0.3 is 0 Å². The van der Waals surface area contributed by atoms with Gasteiger partial charge in [-0.25, -0.2) is 4.68 Å². The van der Waals surface area contributed by atoms with E-state index in [1.54, 1.807) is 12.1 Å². The van der Waals surface area contributed by atoms with Crippen LogP contribution in [0.3, 0.4) is 0 Å². The summed E-state index contributed by atoms with van der Waals surface area (Å²) < 4.78 is 2.48. The van der Waals surface area contributed by atoms with Crippen LogP contribution in [0.4, 0.5) is 0 Å². The highest BCUT2D eigenvalue weighted by atomic mass is 79.9. The van der Waals surface area contributed by atoms with E-state index in [0.717, 1.165) is 15.7 Å². The summed E-state index contributed by atoms with van der Waals surface area (Å²) in [5.41, 5.74) is 1.75. The van der Waals surface area contributed by atoms with Crippen LogP contribution in [0.5, 0.6) is 0 Å². The maximum Gasteiger partial charge on any atom is 0.266 e. The molecule has 0 aliphatic carbocycles. The van der Waals surface area contributed by atoms with Gasteiger partial charge in [-0.1, -0.05) is 28.1 Å². The second-order valence-electron chi connectivity index (χ2n) is 3.38. The standard InChI is InChI=1S/C12H11BrN2O/c1-2-15-12(16)8-7-11(14-15)9-3-5-10(13)6-4-9/h3-8H,2H2,1H3. The van der Waals surface area contributed by atoms with Gasteiger partial charge in [-0.3, -0.25) is 4.79 Å².